The van der Waals surface area contributed by atoms with Crippen molar-refractivity contribution in [2.45, 2.75) is 11.1 Å². The van der Waals surface area contributed by atoms with Crippen molar-refractivity contribution in [1.29, 1.82) is 0 Å². The number of halogens is 4. The number of alkyl halides is 3. The molecule has 1 aromatic heterocycles. The van der Waals surface area contributed by atoms with Crippen LogP contribution in [0.4, 0.5) is 41.9 Å². The van der Waals surface area contributed by atoms with Crippen LogP contribution >= 0.6 is 11.6 Å². The van der Waals surface area contributed by atoms with Gasteiger partial charge < -0.3 is 15.5 Å². The van der Waals surface area contributed by atoms with E-state index in [4.69, 9.17) is 11.6 Å². The lowest BCUT2D eigenvalue weighted by molar-refractivity contribution is -0.119. The topological polar surface area (TPSA) is 99.2 Å². The van der Waals surface area contributed by atoms with E-state index in [2.05, 4.69) is 25.3 Å². The van der Waals surface area contributed by atoms with Gasteiger partial charge in [-0.2, -0.15) is 13.2 Å². The zero-order valence-electron chi connectivity index (χ0n) is 17.5. The molecule has 0 aliphatic carbocycles. The first kappa shape index (κ1) is 24.6. The van der Waals surface area contributed by atoms with Crippen LogP contribution in [0.5, 0.6) is 0 Å². The van der Waals surface area contributed by atoms with Crippen molar-refractivity contribution in [3.63, 3.8) is 0 Å². The smallest absolute Gasteiger partial charge is 0.364 e. The van der Waals surface area contributed by atoms with E-state index in [1.165, 1.54) is 44.7 Å². The van der Waals surface area contributed by atoms with E-state index in [0.29, 0.717) is 16.5 Å². The Bertz CT molecular complexity index is 1220. The van der Waals surface area contributed by atoms with Crippen LogP contribution in [0.25, 0.3) is 0 Å². The number of sulfonamides is 1. The van der Waals surface area contributed by atoms with Gasteiger partial charge >= 0.3 is 6.18 Å². The third kappa shape index (κ3) is 6.70. The Kier molecular flexibility index (Phi) is 7.30. The number of hydrogen-bond acceptors (Lipinski definition) is 7. The molecule has 3 N–H and O–H groups in total. The molecule has 1 heterocycles. The van der Waals surface area contributed by atoms with E-state index >= 15 is 0 Å². The second-order valence-electron chi connectivity index (χ2n) is 6.90. The van der Waals surface area contributed by atoms with Gasteiger partial charge in [0.2, 0.25) is 10.0 Å². The second kappa shape index (κ2) is 9.81. The van der Waals surface area contributed by atoms with E-state index in [-0.39, 0.29) is 22.1 Å². The highest BCUT2D eigenvalue weighted by atomic mass is 35.5. The fourth-order valence-electron chi connectivity index (χ4n) is 2.90. The zero-order valence-corrected chi connectivity index (χ0v) is 19.1. The highest BCUT2D eigenvalue weighted by Crippen LogP contribution is 2.32. The normalized spacial score (nSPS) is 11.8. The Morgan fingerprint density at radius 3 is 2.24 bits per heavy atom. The standard InChI is InChI=1S/C20H20ClF3N6O2S/c1-25-33(31,32)15-7-8-17(30(2)11-20(22,23)24)16(9-15)29-19-10-18(26-12-27-19)28-14-5-3-13(21)4-6-14/h3-10,12,25H,11H2,1-2H3,(H2,26,27,28,29). The molecule has 176 valence electrons. The van der Waals surface area contributed by atoms with E-state index in [9.17, 15) is 21.6 Å². The molecular weight excluding hydrogens is 481 g/mol. The monoisotopic (exact) mass is 500 g/mol. The van der Waals surface area contributed by atoms with Gasteiger partial charge in [0.15, 0.2) is 0 Å². The molecule has 0 atom stereocenters. The lowest BCUT2D eigenvalue weighted by Gasteiger charge is -2.24. The number of nitrogens with zero attached hydrogens (tertiary/aromatic N) is 3. The molecule has 0 spiro atoms. The third-order valence-electron chi connectivity index (χ3n) is 4.42. The Morgan fingerprint density at radius 1 is 1.00 bits per heavy atom. The van der Waals surface area contributed by atoms with Gasteiger partial charge in [-0.05, 0) is 49.5 Å². The fraction of sp³-hybridized carbons (Fsp3) is 0.200. The van der Waals surface area contributed by atoms with Crippen LogP contribution in [0, 0.1) is 0 Å². The van der Waals surface area contributed by atoms with Crippen molar-refractivity contribution in [2.75, 3.05) is 36.2 Å². The van der Waals surface area contributed by atoms with Crippen molar-refractivity contribution >= 4 is 50.3 Å². The maximum Gasteiger partial charge on any atom is 0.405 e. The average Bonchev–Trinajstić information content (AvgIpc) is 2.74. The number of rotatable bonds is 8. The highest BCUT2D eigenvalue weighted by Gasteiger charge is 2.30. The van der Waals surface area contributed by atoms with Crippen molar-refractivity contribution in [2.24, 2.45) is 0 Å². The first-order chi connectivity index (χ1) is 15.5. The average molecular weight is 501 g/mol. The fourth-order valence-corrected chi connectivity index (χ4v) is 3.78. The summed E-state index contributed by atoms with van der Waals surface area (Å²) in [7, 11) is -1.33. The molecule has 0 aliphatic heterocycles. The van der Waals surface area contributed by atoms with Crippen molar-refractivity contribution < 1.29 is 21.6 Å². The molecule has 0 radical (unpaired) electrons. The molecule has 8 nitrogen and oxygen atoms in total. The van der Waals surface area contributed by atoms with Crippen molar-refractivity contribution in [3.8, 4) is 0 Å². The number of aromatic nitrogens is 2. The van der Waals surface area contributed by atoms with Gasteiger partial charge in [-0.15, -0.1) is 0 Å². The van der Waals surface area contributed by atoms with E-state index in [1.54, 1.807) is 24.3 Å². The maximum absolute atomic E-state index is 13.0. The minimum absolute atomic E-state index is 0.120. The molecule has 13 heteroatoms. The molecule has 0 unspecified atom stereocenters. The summed E-state index contributed by atoms with van der Waals surface area (Å²) in [5.74, 6) is 0.640. The summed E-state index contributed by atoms with van der Waals surface area (Å²) in [5, 5.41) is 6.52. The van der Waals surface area contributed by atoms with Crippen molar-refractivity contribution in [3.05, 3.63) is 59.9 Å². The molecule has 3 rings (SSSR count). The van der Waals surface area contributed by atoms with Gasteiger partial charge in [0, 0.05) is 23.8 Å². The lowest BCUT2D eigenvalue weighted by atomic mass is 10.2. The van der Waals surface area contributed by atoms with Crippen LogP contribution in [0.15, 0.2) is 59.8 Å². The van der Waals surface area contributed by atoms with Gasteiger partial charge in [0.1, 0.15) is 24.5 Å². The molecule has 0 saturated heterocycles. The summed E-state index contributed by atoms with van der Waals surface area (Å²) in [6.45, 7) is -1.23. The minimum atomic E-state index is -4.45. The highest BCUT2D eigenvalue weighted by molar-refractivity contribution is 7.89. The zero-order chi connectivity index (χ0) is 24.2. The van der Waals surface area contributed by atoms with E-state index in [1.807, 2.05) is 0 Å². The van der Waals surface area contributed by atoms with Crippen LogP contribution in [0.2, 0.25) is 5.02 Å². The van der Waals surface area contributed by atoms with Gasteiger partial charge in [-0.3, -0.25) is 0 Å². The first-order valence-corrected chi connectivity index (χ1v) is 11.3. The summed E-state index contributed by atoms with van der Waals surface area (Å²) >= 11 is 5.88. The summed E-state index contributed by atoms with van der Waals surface area (Å²) in [5.41, 5.74) is 0.958. The molecule has 0 aliphatic rings. The summed E-state index contributed by atoms with van der Waals surface area (Å²) in [4.78, 5) is 9.05. The molecular formula is C20H20ClF3N6O2S. The first-order valence-electron chi connectivity index (χ1n) is 9.44. The minimum Gasteiger partial charge on any atom is -0.364 e. The maximum atomic E-state index is 13.0. The van der Waals surface area contributed by atoms with E-state index in [0.717, 1.165) is 4.90 Å². The van der Waals surface area contributed by atoms with Crippen LogP contribution < -0.4 is 20.3 Å². The molecule has 0 fully saturated rings. The second-order valence-corrected chi connectivity index (χ2v) is 9.23. The van der Waals surface area contributed by atoms with Gasteiger partial charge in [0.05, 0.1) is 16.3 Å². The van der Waals surface area contributed by atoms with Gasteiger partial charge in [-0.1, -0.05) is 11.6 Å². The molecule has 2 aromatic carbocycles. The Labute approximate surface area is 193 Å². The summed E-state index contributed by atoms with van der Waals surface area (Å²) < 4.78 is 65.5. The predicted molar refractivity (Wildman–Crippen MR) is 122 cm³/mol. The number of benzene rings is 2. The van der Waals surface area contributed by atoms with Gasteiger partial charge in [-0.25, -0.2) is 23.1 Å². The number of anilines is 5. The Morgan fingerprint density at radius 2 is 1.64 bits per heavy atom. The van der Waals surface area contributed by atoms with Gasteiger partial charge in [0.25, 0.3) is 0 Å². The van der Waals surface area contributed by atoms with Crippen LogP contribution in [0.3, 0.4) is 0 Å². The van der Waals surface area contributed by atoms with Crippen LogP contribution in [-0.4, -0.2) is 45.2 Å². The largest absolute Gasteiger partial charge is 0.405 e. The van der Waals surface area contributed by atoms with Crippen LogP contribution in [0.1, 0.15) is 0 Å². The predicted octanol–water partition coefficient (Wildman–Crippen LogP) is 4.52. The van der Waals surface area contributed by atoms with E-state index < -0.39 is 22.7 Å². The SMILES string of the molecule is CNS(=O)(=O)c1ccc(N(C)CC(F)(F)F)c(Nc2cc(Nc3ccc(Cl)cc3)ncn2)c1. The molecule has 3 aromatic rings. The van der Waals surface area contributed by atoms with Crippen LogP contribution in [-0.2, 0) is 10.0 Å². The Balaban J connectivity index is 1.94. The molecule has 0 amide bonds. The van der Waals surface area contributed by atoms with Crippen molar-refractivity contribution in [1.82, 2.24) is 14.7 Å². The number of nitrogens with one attached hydrogen (secondary N) is 3. The quantitative estimate of drug-likeness (QED) is 0.418. The number of hydrogen-bond donors (Lipinski definition) is 3. The third-order valence-corrected chi connectivity index (χ3v) is 6.09. The molecule has 0 saturated carbocycles. The summed E-state index contributed by atoms with van der Waals surface area (Å²) in [6, 6.07) is 12.2. The lowest BCUT2D eigenvalue weighted by Crippen LogP contribution is -2.31. The molecule has 33 heavy (non-hydrogen) atoms. The Hall–Kier alpha value is -3.09. The summed E-state index contributed by atoms with van der Waals surface area (Å²) in [6.07, 6.45) is -3.19. The molecule has 0 bridgehead atoms.